The van der Waals surface area contributed by atoms with Crippen molar-refractivity contribution in [3.05, 3.63) is 11.6 Å². The van der Waals surface area contributed by atoms with Crippen molar-refractivity contribution in [3.8, 4) is 11.8 Å². The molecule has 0 aromatic heterocycles. The average Bonchev–Trinajstić information content (AvgIpc) is 3.17. The largest absolute Gasteiger partial charge is 0.469 e. The lowest BCUT2D eigenvalue weighted by molar-refractivity contribution is -0.140. The van der Waals surface area contributed by atoms with Crippen molar-refractivity contribution in [3.63, 3.8) is 0 Å². The first-order chi connectivity index (χ1) is 18.2. The molecule has 0 aliphatic heterocycles. The molecule has 4 aliphatic rings. The topological polar surface area (TPSA) is 63.6 Å². The molecule has 4 nitrogen and oxygen atoms in total. The molecule has 0 aromatic carbocycles. The number of aliphatic hydroxyl groups is 1. The average molecular weight is 525 g/mol. The van der Waals surface area contributed by atoms with Gasteiger partial charge in [-0.05, 0) is 87.0 Å². The molecule has 0 radical (unpaired) electrons. The first-order valence-corrected chi connectivity index (χ1v) is 15.8. The van der Waals surface area contributed by atoms with Gasteiger partial charge in [-0.1, -0.05) is 70.3 Å². The summed E-state index contributed by atoms with van der Waals surface area (Å²) in [6.45, 7) is 4.77. The molecule has 4 rings (SSSR count). The fraction of sp³-hybridized carbons (Fsp3) is 0.824. The summed E-state index contributed by atoms with van der Waals surface area (Å²) < 4.78 is 4.68. The molecule has 0 aromatic rings. The number of ether oxygens (including phenoxy) is 1. The van der Waals surface area contributed by atoms with Crippen LogP contribution in [0.2, 0.25) is 0 Å². The molecule has 6 atom stereocenters. The second-order valence-corrected chi connectivity index (χ2v) is 13.4. The Labute approximate surface area is 231 Å². The van der Waals surface area contributed by atoms with E-state index in [-0.39, 0.29) is 16.8 Å². The van der Waals surface area contributed by atoms with Crippen LogP contribution >= 0.6 is 0 Å². The number of unbranched alkanes of at least 4 members (excludes halogenated alkanes) is 9. The number of hydrogen-bond acceptors (Lipinski definition) is 4. The van der Waals surface area contributed by atoms with E-state index in [0.717, 1.165) is 64.2 Å². The maximum atomic E-state index is 12.1. The van der Waals surface area contributed by atoms with Crippen molar-refractivity contribution in [2.75, 3.05) is 7.11 Å². The summed E-state index contributed by atoms with van der Waals surface area (Å²) in [5.41, 5.74) is 0.674. The van der Waals surface area contributed by atoms with Crippen LogP contribution < -0.4 is 0 Å². The van der Waals surface area contributed by atoms with E-state index >= 15 is 0 Å². The number of carbonyl (C=O) groups excluding carboxylic acids is 2. The number of methoxy groups -OCH3 is 1. The number of fused-ring (bicyclic) bond motifs is 5. The van der Waals surface area contributed by atoms with E-state index < -0.39 is 5.60 Å². The summed E-state index contributed by atoms with van der Waals surface area (Å²) in [5, 5.41) is 11.8. The molecule has 0 spiro atoms. The minimum Gasteiger partial charge on any atom is -0.469 e. The highest BCUT2D eigenvalue weighted by Gasteiger charge is 2.63. The first kappa shape index (κ1) is 29.4. The summed E-state index contributed by atoms with van der Waals surface area (Å²) in [4.78, 5) is 23.2. The zero-order valence-electron chi connectivity index (χ0n) is 24.4. The molecule has 0 amide bonds. The van der Waals surface area contributed by atoms with Gasteiger partial charge in [-0.15, -0.1) is 5.92 Å². The molecule has 0 saturated heterocycles. The molecular formula is C34H52O4. The fourth-order valence-electron chi connectivity index (χ4n) is 8.81. The van der Waals surface area contributed by atoms with Crippen LogP contribution in [0.1, 0.15) is 136 Å². The van der Waals surface area contributed by atoms with Gasteiger partial charge in [0.05, 0.1) is 7.11 Å². The number of carbonyl (C=O) groups is 2. The Kier molecular flexibility index (Phi) is 9.83. The lowest BCUT2D eigenvalue weighted by Crippen LogP contribution is -2.54. The molecule has 3 fully saturated rings. The summed E-state index contributed by atoms with van der Waals surface area (Å²) in [5.74, 6) is 8.93. The maximum absolute atomic E-state index is 12.1. The van der Waals surface area contributed by atoms with Crippen LogP contribution in [0.25, 0.3) is 0 Å². The van der Waals surface area contributed by atoms with E-state index in [1.165, 1.54) is 57.6 Å². The van der Waals surface area contributed by atoms with Crippen LogP contribution in [0.15, 0.2) is 11.6 Å². The molecule has 4 aliphatic carbocycles. The van der Waals surface area contributed by atoms with Gasteiger partial charge >= 0.3 is 5.97 Å². The highest BCUT2D eigenvalue weighted by Crippen LogP contribution is 2.67. The minimum absolute atomic E-state index is 0.0943. The fourth-order valence-corrected chi connectivity index (χ4v) is 8.81. The maximum Gasteiger partial charge on any atom is 0.305 e. The Morgan fingerprint density at radius 1 is 0.921 bits per heavy atom. The monoisotopic (exact) mass is 524 g/mol. The van der Waals surface area contributed by atoms with Gasteiger partial charge in [0, 0.05) is 24.7 Å². The highest BCUT2D eigenvalue weighted by molar-refractivity contribution is 5.91. The van der Waals surface area contributed by atoms with E-state index in [0.29, 0.717) is 36.4 Å². The van der Waals surface area contributed by atoms with Crippen molar-refractivity contribution in [2.24, 2.45) is 28.6 Å². The molecule has 1 N–H and O–H groups in total. The molecule has 4 heteroatoms. The van der Waals surface area contributed by atoms with E-state index in [9.17, 15) is 14.7 Å². The van der Waals surface area contributed by atoms with Gasteiger partial charge in [-0.3, -0.25) is 9.59 Å². The van der Waals surface area contributed by atoms with E-state index in [1.54, 1.807) is 0 Å². The van der Waals surface area contributed by atoms with E-state index in [2.05, 4.69) is 30.4 Å². The van der Waals surface area contributed by atoms with E-state index in [1.807, 2.05) is 6.08 Å². The Balaban J connectivity index is 1.18. The molecule has 212 valence electrons. The normalized spacial score (nSPS) is 35.8. The molecule has 38 heavy (non-hydrogen) atoms. The summed E-state index contributed by atoms with van der Waals surface area (Å²) in [7, 11) is 1.46. The van der Waals surface area contributed by atoms with Gasteiger partial charge in [0.1, 0.15) is 5.60 Å². The first-order valence-electron chi connectivity index (χ1n) is 15.8. The summed E-state index contributed by atoms with van der Waals surface area (Å²) >= 11 is 0. The van der Waals surface area contributed by atoms with Crippen LogP contribution in [-0.2, 0) is 14.3 Å². The molecule has 3 unspecified atom stereocenters. The van der Waals surface area contributed by atoms with Crippen LogP contribution in [-0.4, -0.2) is 29.6 Å². The SMILES string of the molecule is COC(=O)CCCCCCCCCCCC#C[C@]1(O)CCC2C3CCC4=CC(=O)CC[C@]4(C)C3CC[C@@]21C. The van der Waals surface area contributed by atoms with Crippen molar-refractivity contribution < 1.29 is 19.4 Å². The number of allylic oxidation sites excluding steroid dienone is 1. The van der Waals surface area contributed by atoms with Crippen molar-refractivity contribution >= 4 is 11.8 Å². The Bertz CT molecular complexity index is 940. The Morgan fingerprint density at radius 2 is 1.58 bits per heavy atom. The van der Waals surface area contributed by atoms with Crippen LogP contribution in [0, 0.1) is 40.4 Å². The summed E-state index contributed by atoms with van der Waals surface area (Å²) in [6, 6.07) is 0. The van der Waals surface area contributed by atoms with Gasteiger partial charge in [0.2, 0.25) is 0 Å². The second kappa shape index (κ2) is 12.7. The number of hydrogen-bond donors (Lipinski definition) is 1. The molecular weight excluding hydrogens is 472 g/mol. The predicted molar refractivity (Wildman–Crippen MR) is 152 cm³/mol. The third-order valence-corrected chi connectivity index (χ3v) is 11.3. The Morgan fingerprint density at radius 3 is 2.29 bits per heavy atom. The van der Waals surface area contributed by atoms with Gasteiger partial charge in [0.15, 0.2) is 5.78 Å². The zero-order valence-corrected chi connectivity index (χ0v) is 24.4. The number of ketones is 1. The Hall–Kier alpha value is -1.60. The molecule has 0 heterocycles. The quantitative estimate of drug-likeness (QED) is 0.171. The van der Waals surface area contributed by atoms with Crippen molar-refractivity contribution in [2.45, 2.75) is 141 Å². The zero-order chi connectivity index (χ0) is 27.2. The lowest BCUT2D eigenvalue weighted by atomic mass is 9.46. The van der Waals surface area contributed by atoms with Gasteiger partial charge < -0.3 is 9.84 Å². The van der Waals surface area contributed by atoms with Crippen LogP contribution in [0.4, 0.5) is 0 Å². The lowest BCUT2D eigenvalue weighted by Gasteiger charge is -2.58. The highest BCUT2D eigenvalue weighted by atomic mass is 16.5. The van der Waals surface area contributed by atoms with Crippen LogP contribution in [0.5, 0.6) is 0 Å². The third-order valence-electron chi connectivity index (χ3n) is 11.3. The molecule has 3 saturated carbocycles. The van der Waals surface area contributed by atoms with Gasteiger partial charge in [-0.25, -0.2) is 0 Å². The minimum atomic E-state index is -0.837. The third kappa shape index (κ3) is 6.09. The summed E-state index contributed by atoms with van der Waals surface area (Å²) in [6.07, 6.45) is 22.2. The van der Waals surface area contributed by atoms with Gasteiger partial charge in [-0.2, -0.15) is 0 Å². The standard InChI is InChI=1S/C34H52O4/c1-32-22-18-27(35)25-26(32)16-17-28-29(32)19-23-33(2)30(28)20-24-34(33,37)21-14-12-10-8-6-4-5-7-9-11-13-15-31(36)38-3/h25,28-30,37H,4-13,15-20,22-24H2,1-3H3/t28?,29?,30?,32-,33-,34-/m0/s1. The number of esters is 1. The molecule has 0 bridgehead atoms. The number of rotatable bonds is 11. The van der Waals surface area contributed by atoms with Crippen molar-refractivity contribution in [1.82, 2.24) is 0 Å². The van der Waals surface area contributed by atoms with Crippen molar-refractivity contribution in [1.29, 1.82) is 0 Å². The second-order valence-electron chi connectivity index (χ2n) is 13.4. The van der Waals surface area contributed by atoms with Gasteiger partial charge in [0.25, 0.3) is 0 Å². The predicted octanol–water partition coefficient (Wildman–Crippen LogP) is 7.72. The van der Waals surface area contributed by atoms with E-state index in [4.69, 9.17) is 0 Å². The van der Waals surface area contributed by atoms with Crippen LogP contribution in [0.3, 0.4) is 0 Å². The smallest absolute Gasteiger partial charge is 0.305 e.